The molecule has 0 amide bonds. The van der Waals surface area contributed by atoms with Gasteiger partial charge in [-0.3, -0.25) is 0 Å². The van der Waals surface area contributed by atoms with Gasteiger partial charge in [0.15, 0.2) is 0 Å². The molecule has 2 aromatic carbocycles. The first kappa shape index (κ1) is 34.4. The van der Waals surface area contributed by atoms with E-state index in [2.05, 4.69) is 103 Å². The van der Waals surface area contributed by atoms with Crippen LogP contribution in [0.25, 0.3) is 6.08 Å². The summed E-state index contributed by atoms with van der Waals surface area (Å²) in [4.78, 5) is 7.22. The van der Waals surface area contributed by atoms with Crippen molar-refractivity contribution >= 4 is 16.4 Å². The van der Waals surface area contributed by atoms with Crippen molar-refractivity contribution in [3.05, 3.63) is 111 Å². The van der Waals surface area contributed by atoms with Gasteiger partial charge in [-0.1, -0.05) is 0 Å². The fraction of sp³-hybridized carbons (Fsp3) is 0.160. The Hall–Kier alpha value is -3.25. The van der Waals surface area contributed by atoms with Gasteiger partial charge in [-0.05, 0) is 0 Å². The zero-order valence-corrected chi connectivity index (χ0v) is 18.9. The quantitative estimate of drug-likeness (QED) is 0.282. The molecule has 1 aliphatic heterocycles. The van der Waals surface area contributed by atoms with Gasteiger partial charge in [-0.2, -0.15) is 0 Å². The number of amidine groups is 1. The van der Waals surface area contributed by atoms with Gasteiger partial charge in [0.2, 0.25) is 0 Å². The Labute approximate surface area is 202 Å². The van der Waals surface area contributed by atoms with E-state index in [0.717, 1.165) is 29.0 Å². The predicted molar refractivity (Wildman–Crippen MR) is 114 cm³/mol. The minimum absolute atomic E-state index is 0.935. The Kier molecular flexibility index (Phi) is 27.9. The van der Waals surface area contributed by atoms with E-state index in [1.54, 1.807) is 0 Å². The topological polar surface area (TPSA) is 115 Å². The van der Waals surface area contributed by atoms with Crippen LogP contribution in [-0.4, -0.2) is 28.3 Å². The van der Waals surface area contributed by atoms with Crippen molar-refractivity contribution in [1.29, 1.82) is 0 Å². The maximum absolute atomic E-state index is 7.50. The third-order valence-electron chi connectivity index (χ3n) is 3.89. The van der Waals surface area contributed by atoms with Crippen molar-refractivity contribution in [3.63, 3.8) is 0 Å². The standard InChI is InChI=1S/C20H20N2.5CO.Cr/c1-3-9-18(10-4-1)13-14-20(22-15-7-8-16-22)21-17-19-11-5-2-6-12-19;5*1-2;/h1-6,9-14H,7-8,15-16H2;;;;;;/b14-13+;;;;;;. The van der Waals surface area contributed by atoms with Crippen molar-refractivity contribution in [2.45, 2.75) is 12.8 Å². The molecule has 1 saturated heterocycles. The monoisotopic (exact) mass is 480 g/mol. The summed E-state index contributed by atoms with van der Waals surface area (Å²) in [5.41, 5.74) is 2.32. The van der Waals surface area contributed by atoms with Gasteiger partial charge in [-0.25, -0.2) is 0 Å². The first-order valence-corrected chi connectivity index (χ1v) is 9.65. The molecular formula is C25H20CrN2O5. The van der Waals surface area contributed by atoms with E-state index in [9.17, 15) is 0 Å². The summed E-state index contributed by atoms with van der Waals surface area (Å²) in [6, 6.07) is 20.6. The van der Waals surface area contributed by atoms with Crippen LogP contribution in [0.4, 0.5) is 0 Å². The molecule has 0 radical (unpaired) electrons. The zero-order valence-electron chi connectivity index (χ0n) is 17.6. The Morgan fingerprint density at radius 2 is 1.15 bits per heavy atom. The van der Waals surface area contributed by atoms with E-state index < -0.39 is 0 Å². The van der Waals surface area contributed by atoms with E-state index >= 15 is 0 Å². The SMILES string of the molecule is [C-]#[O+].[C-]#[O+].[C-]#[O+].[C-]#[O+].[C-]#[O+].[Cr]=[C](N=C(/C=C/c1ccccc1)N1CCCC1)c1ccccc1. The molecule has 3 rings (SSSR count). The van der Waals surface area contributed by atoms with E-state index in [-0.39, 0.29) is 0 Å². The van der Waals surface area contributed by atoms with Crippen LogP contribution < -0.4 is 0 Å². The third-order valence-corrected chi connectivity index (χ3v) is 4.40. The molecule has 2 aromatic rings. The number of rotatable bonds is 4. The van der Waals surface area contributed by atoms with Crippen LogP contribution in [0.1, 0.15) is 24.0 Å². The second-order valence-electron chi connectivity index (χ2n) is 5.58. The van der Waals surface area contributed by atoms with E-state index in [1.165, 1.54) is 18.4 Å². The summed E-state index contributed by atoms with van der Waals surface area (Å²) in [6.45, 7) is 24.7. The van der Waals surface area contributed by atoms with Crippen LogP contribution in [0.5, 0.6) is 0 Å². The van der Waals surface area contributed by atoms with Crippen LogP contribution >= 0.6 is 0 Å². The molecule has 1 fully saturated rings. The first-order valence-electron chi connectivity index (χ1n) is 9.01. The average Bonchev–Trinajstić information content (AvgIpc) is 3.48. The van der Waals surface area contributed by atoms with Gasteiger partial charge >= 0.3 is 202 Å². The van der Waals surface area contributed by atoms with Gasteiger partial charge in [0.05, 0.1) is 0 Å². The molecule has 166 valence electrons. The Morgan fingerprint density at radius 1 is 0.727 bits per heavy atom. The summed E-state index contributed by atoms with van der Waals surface area (Å²) in [5.74, 6) is 1.03. The Balaban J connectivity index is -0.000000798. The molecule has 0 spiro atoms. The van der Waals surface area contributed by atoms with Gasteiger partial charge in [-0.15, -0.1) is 0 Å². The summed E-state index contributed by atoms with van der Waals surface area (Å²) in [6.07, 6.45) is 6.74. The maximum atomic E-state index is 7.50. The molecule has 0 aliphatic carbocycles. The van der Waals surface area contributed by atoms with E-state index in [4.69, 9.17) is 28.3 Å². The normalized spacial score (nSPS) is 11.0. The summed E-state index contributed by atoms with van der Waals surface area (Å²) >= 11 is 3.11. The summed E-state index contributed by atoms with van der Waals surface area (Å²) in [5, 5.41) is 0. The van der Waals surface area contributed by atoms with Crippen molar-refractivity contribution < 1.29 is 39.1 Å². The zero-order chi connectivity index (χ0) is 25.9. The molecule has 7 nitrogen and oxygen atoms in total. The van der Waals surface area contributed by atoms with Crippen molar-refractivity contribution in [2.75, 3.05) is 13.1 Å². The number of nitrogens with zero attached hydrogens (tertiary/aromatic N) is 2. The Bertz CT molecular complexity index is 889. The van der Waals surface area contributed by atoms with Gasteiger partial charge < -0.3 is 0 Å². The summed E-state index contributed by atoms with van der Waals surface area (Å²) in [7, 11) is 0. The molecule has 1 heterocycles. The van der Waals surface area contributed by atoms with Crippen molar-refractivity contribution in [3.8, 4) is 0 Å². The second-order valence-corrected chi connectivity index (χ2v) is 6.18. The van der Waals surface area contributed by atoms with Crippen LogP contribution in [-0.2, 0) is 39.1 Å². The molecule has 0 saturated carbocycles. The average molecular weight is 480 g/mol. The second kappa shape index (κ2) is 26.8. The van der Waals surface area contributed by atoms with Gasteiger partial charge in [0.1, 0.15) is 0 Å². The van der Waals surface area contributed by atoms with Crippen molar-refractivity contribution in [2.24, 2.45) is 4.99 Å². The molecule has 0 bridgehead atoms. The Morgan fingerprint density at radius 3 is 1.61 bits per heavy atom. The van der Waals surface area contributed by atoms with Crippen LogP contribution in [0.3, 0.4) is 0 Å². The van der Waals surface area contributed by atoms with Crippen molar-refractivity contribution in [1.82, 2.24) is 4.90 Å². The molecule has 0 unspecified atom stereocenters. The molecule has 8 heteroatoms. The van der Waals surface area contributed by atoms with Gasteiger partial charge in [0.25, 0.3) is 0 Å². The van der Waals surface area contributed by atoms with Crippen LogP contribution in [0.2, 0.25) is 0 Å². The summed E-state index contributed by atoms with van der Waals surface area (Å²) < 4.78 is 38.4. The minimum atomic E-state index is 0.935. The predicted octanol–water partition coefficient (Wildman–Crippen LogP) is 3.73. The molecule has 0 atom stereocenters. The number of hydrogen-bond acceptors (Lipinski definition) is 1. The number of benzene rings is 2. The van der Waals surface area contributed by atoms with Gasteiger partial charge in [0, 0.05) is 0 Å². The van der Waals surface area contributed by atoms with Crippen LogP contribution in [0.15, 0.2) is 71.7 Å². The molecule has 0 aromatic heterocycles. The van der Waals surface area contributed by atoms with E-state index in [1.807, 2.05) is 24.3 Å². The van der Waals surface area contributed by atoms with E-state index in [0.29, 0.717) is 0 Å². The fourth-order valence-corrected chi connectivity index (χ4v) is 3.00. The van der Waals surface area contributed by atoms with Crippen LogP contribution in [0, 0.1) is 33.3 Å². The number of hydrogen-bond donors (Lipinski definition) is 0. The number of aliphatic imine (C=N–C) groups is 1. The molecule has 0 N–H and O–H groups in total. The molecular weight excluding hydrogens is 460 g/mol. The molecule has 33 heavy (non-hydrogen) atoms. The fourth-order valence-electron chi connectivity index (χ4n) is 2.64. The number of likely N-dealkylation sites (tertiary alicyclic amines) is 1. The first-order chi connectivity index (χ1) is 16.3. The third kappa shape index (κ3) is 15.2. The molecule has 1 aliphatic rings.